The summed E-state index contributed by atoms with van der Waals surface area (Å²) in [6.07, 6.45) is 0.199. The molecule has 1 heterocycles. The van der Waals surface area contributed by atoms with Gasteiger partial charge >= 0.3 is 0 Å². The summed E-state index contributed by atoms with van der Waals surface area (Å²) in [4.78, 5) is 2.72. The molecule has 0 aliphatic carbocycles. The van der Waals surface area contributed by atoms with Gasteiger partial charge in [0.15, 0.2) is 0 Å². The van der Waals surface area contributed by atoms with Gasteiger partial charge in [-0.25, -0.2) is 0 Å². The van der Waals surface area contributed by atoms with E-state index in [1.165, 1.54) is 11.1 Å². The fourth-order valence-corrected chi connectivity index (χ4v) is 3.37. The number of ether oxygens (including phenoxy) is 1. The van der Waals surface area contributed by atoms with Crippen molar-refractivity contribution < 1.29 is 4.74 Å². The zero-order valence-electron chi connectivity index (χ0n) is 12.0. The van der Waals surface area contributed by atoms with Crippen molar-refractivity contribution in [1.29, 1.82) is 0 Å². The first-order chi connectivity index (χ1) is 10.3. The Balaban J connectivity index is 1.63. The quantitative estimate of drug-likeness (QED) is 0.776. The van der Waals surface area contributed by atoms with Crippen LogP contribution in [0.15, 0.2) is 60.7 Å². The van der Waals surface area contributed by atoms with E-state index in [9.17, 15) is 0 Å². The Morgan fingerprint density at radius 3 is 2.43 bits per heavy atom. The normalized spacial score (nSPS) is 21.1. The average molecular weight is 346 g/mol. The van der Waals surface area contributed by atoms with Crippen LogP contribution in [-0.4, -0.2) is 30.7 Å². The van der Waals surface area contributed by atoms with E-state index >= 15 is 0 Å². The summed E-state index contributed by atoms with van der Waals surface area (Å²) in [5.74, 6) is 0. The molecule has 1 saturated heterocycles. The van der Waals surface area contributed by atoms with Gasteiger partial charge in [0.2, 0.25) is 0 Å². The molecule has 0 radical (unpaired) electrons. The third-order valence-corrected chi connectivity index (χ3v) is 4.99. The van der Waals surface area contributed by atoms with Crippen LogP contribution in [0.3, 0.4) is 0 Å². The summed E-state index contributed by atoms with van der Waals surface area (Å²) in [5.41, 5.74) is 2.65. The SMILES string of the molecule is BrC(c1ccccc1)C1CN(Cc2ccccc2)CCO1. The second-order valence-corrected chi connectivity index (χ2v) is 6.43. The predicted molar refractivity (Wildman–Crippen MR) is 89.6 cm³/mol. The largest absolute Gasteiger partial charge is 0.374 e. The number of morpholine rings is 1. The molecule has 0 amide bonds. The average Bonchev–Trinajstić information content (AvgIpc) is 2.56. The molecular formula is C18H20BrNO. The molecule has 2 nitrogen and oxygen atoms in total. The van der Waals surface area contributed by atoms with E-state index in [0.29, 0.717) is 0 Å². The zero-order chi connectivity index (χ0) is 14.5. The smallest absolute Gasteiger partial charge is 0.0868 e. The summed E-state index contributed by atoms with van der Waals surface area (Å²) in [7, 11) is 0. The van der Waals surface area contributed by atoms with Crippen LogP contribution in [0.2, 0.25) is 0 Å². The number of halogens is 1. The van der Waals surface area contributed by atoms with Crippen molar-refractivity contribution >= 4 is 15.9 Å². The van der Waals surface area contributed by atoms with E-state index in [1.54, 1.807) is 0 Å². The molecule has 2 aromatic carbocycles. The molecule has 2 unspecified atom stereocenters. The first-order valence-electron chi connectivity index (χ1n) is 7.40. The van der Waals surface area contributed by atoms with Crippen molar-refractivity contribution in [3.05, 3.63) is 71.8 Å². The van der Waals surface area contributed by atoms with E-state index in [1.807, 2.05) is 6.07 Å². The Morgan fingerprint density at radius 2 is 1.71 bits per heavy atom. The number of rotatable bonds is 4. The van der Waals surface area contributed by atoms with Gasteiger partial charge in [-0.3, -0.25) is 4.90 Å². The van der Waals surface area contributed by atoms with Crippen LogP contribution in [0.25, 0.3) is 0 Å². The number of alkyl halides is 1. The molecule has 0 spiro atoms. The highest BCUT2D eigenvalue weighted by Gasteiger charge is 2.27. The van der Waals surface area contributed by atoms with Crippen LogP contribution in [0.1, 0.15) is 16.0 Å². The highest BCUT2D eigenvalue weighted by Crippen LogP contribution is 2.30. The molecule has 2 atom stereocenters. The second-order valence-electron chi connectivity index (χ2n) is 5.44. The van der Waals surface area contributed by atoms with Gasteiger partial charge in [-0.15, -0.1) is 0 Å². The molecule has 21 heavy (non-hydrogen) atoms. The minimum atomic E-state index is 0.199. The van der Waals surface area contributed by atoms with Crippen molar-refractivity contribution in [2.75, 3.05) is 19.7 Å². The van der Waals surface area contributed by atoms with Crippen molar-refractivity contribution in [1.82, 2.24) is 4.90 Å². The predicted octanol–water partition coefficient (Wildman–Crippen LogP) is 4.02. The molecule has 1 fully saturated rings. The summed E-state index contributed by atoms with van der Waals surface area (Å²) in [6, 6.07) is 21.2. The van der Waals surface area contributed by atoms with Gasteiger partial charge in [-0.05, 0) is 11.1 Å². The van der Waals surface area contributed by atoms with E-state index in [4.69, 9.17) is 4.74 Å². The molecule has 0 saturated carbocycles. The zero-order valence-corrected chi connectivity index (χ0v) is 13.6. The highest BCUT2D eigenvalue weighted by atomic mass is 79.9. The molecule has 0 bridgehead atoms. The minimum Gasteiger partial charge on any atom is -0.374 e. The maximum atomic E-state index is 5.97. The fraction of sp³-hybridized carbons (Fsp3) is 0.333. The van der Waals surface area contributed by atoms with Crippen LogP contribution in [0.5, 0.6) is 0 Å². The molecule has 110 valence electrons. The van der Waals surface area contributed by atoms with Gasteiger partial charge in [-0.1, -0.05) is 76.6 Å². The van der Waals surface area contributed by atoms with Gasteiger partial charge in [-0.2, -0.15) is 0 Å². The lowest BCUT2D eigenvalue weighted by Gasteiger charge is -2.35. The summed E-state index contributed by atoms with van der Waals surface area (Å²) in [5, 5.41) is 0. The van der Waals surface area contributed by atoms with Gasteiger partial charge in [0.25, 0.3) is 0 Å². The van der Waals surface area contributed by atoms with Crippen molar-refractivity contribution in [2.45, 2.75) is 17.5 Å². The number of hydrogen-bond acceptors (Lipinski definition) is 2. The van der Waals surface area contributed by atoms with Crippen LogP contribution < -0.4 is 0 Å². The Kier molecular flexibility index (Phi) is 5.07. The monoisotopic (exact) mass is 345 g/mol. The second kappa shape index (κ2) is 7.21. The molecule has 0 N–H and O–H groups in total. The van der Waals surface area contributed by atoms with E-state index in [-0.39, 0.29) is 10.9 Å². The van der Waals surface area contributed by atoms with Gasteiger partial charge in [0.05, 0.1) is 17.5 Å². The molecule has 2 aromatic rings. The maximum Gasteiger partial charge on any atom is 0.0868 e. The number of benzene rings is 2. The summed E-state index contributed by atoms with van der Waals surface area (Å²) in [6.45, 7) is 3.75. The van der Waals surface area contributed by atoms with Crippen LogP contribution in [-0.2, 0) is 11.3 Å². The lowest BCUT2D eigenvalue weighted by atomic mass is 10.1. The fourth-order valence-electron chi connectivity index (χ4n) is 2.75. The molecule has 0 aromatic heterocycles. The van der Waals surface area contributed by atoms with E-state index in [2.05, 4.69) is 75.4 Å². The maximum absolute atomic E-state index is 5.97. The van der Waals surface area contributed by atoms with E-state index in [0.717, 1.165) is 26.2 Å². The van der Waals surface area contributed by atoms with Crippen LogP contribution in [0.4, 0.5) is 0 Å². The lowest BCUT2D eigenvalue weighted by Crippen LogP contribution is -2.43. The van der Waals surface area contributed by atoms with Crippen molar-refractivity contribution in [3.8, 4) is 0 Å². The number of hydrogen-bond donors (Lipinski definition) is 0. The minimum absolute atomic E-state index is 0.199. The van der Waals surface area contributed by atoms with Crippen LogP contribution in [0, 0.1) is 0 Å². The third kappa shape index (κ3) is 3.94. The molecule has 1 aliphatic rings. The first-order valence-corrected chi connectivity index (χ1v) is 8.31. The van der Waals surface area contributed by atoms with Crippen molar-refractivity contribution in [3.63, 3.8) is 0 Å². The van der Waals surface area contributed by atoms with Crippen LogP contribution >= 0.6 is 15.9 Å². The number of nitrogens with zero attached hydrogens (tertiary/aromatic N) is 1. The van der Waals surface area contributed by atoms with Crippen molar-refractivity contribution in [2.24, 2.45) is 0 Å². The topological polar surface area (TPSA) is 12.5 Å². The summed E-state index contributed by atoms with van der Waals surface area (Å²) >= 11 is 3.81. The molecule has 3 heteroatoms. The Hall–Kier alpha value is -1.16. The standard InChI is InChI=1S/C18H20BrNO/c19-18(16-9-5-2-6-10-16)17-14-20(11-12-21-17)13-15-7-3-1-4-8-15/h1-10,17-18H,11-14H2. The first kappa shape index (κ1) is 14.8. The third-order valence-electron chi connectivity index (χ3n) is 3.87. The Morgan fingerprint density at radius 1 is 1.05 bits per heavy atom. The van der Waals surface area contributed by atoms with Gasteiger partial charge < -0.3 is 4.74 Å². The highest BCUT2D eigenvalue weighted by molar-refractivity contribution is 9.09. The Bertz CT molecular complexity index is 546. The summed E-state index contributed by atoms with van der Waals surface area (Å²) < 4.78 is 5.97. The molecule has 1 aliphatic heterocycles. The Labute approximate surface area is 134 Å². The van der Waals surface area contributed by atoms with E-state index < -0.39 is 0 Å². The molecular weight excluding hydrogens is 326 g/mol. The lowest BCUT2D eigenvalue weighted by molar-refractivity contribution is -0.0310. The molecule has 3 rings (SSSR count). The van der Waals surface area contributed by atoms with Gasteiger partial charge in [0.1, 0.15) is 0 Å². The van der Waals surface area contributed by atoms with Gasteiger partial charge in [0, 0.05) is 19.6 Å².